The number of piperidine rings is 1. The molecule has 1 aliphatic carbocycles. The van der Waals surface area contributed by atoms with Crippen LogP contribution >= 0.6 is 0 Å². The van der Waals surface area contributed by atoms with Crippen LogP contribution in [0.3, 0.4) is 0 Å². The number of aromatic nitrogens is 1. The lowest BCUT2D eigenvalue weighted by molar-refractivity contribution is -0.137. The van der Waals surface area contributed by atoms with Gasteiger partial charge in [-0.2, -0.15) is 0 Å². The fourth-order valence-corrected chi connectivity index (χ4v) is 5.38. The smallest absolute Gasteiger partial charge is 0.407 e. The van der Waals surface area contributed by atoms with Crippen molar-refractivity contribution in [1.82, 2.24) is 20.1 Å². The molecule has 2 atom stereocenters. The van der Waals surface area contributed by atoms with Crippen molar-refractivity contribution in [3.05, 3.63) is 71.9 Å². The van der Waals surface area contributed by atoms with Gasteiger partial charge in [0.15, 0.2) is 0 Å². The third kappa shape index (κ3) is 6.55. The summed E-state index contributed by atoms with van der Waals surface area (Å²) >= 11 is 0. The summed E-state index contributed by atoms with van der Waals surface area (Å²) < 4.78 is 12.9. The Bertz CT molecular complexity index is 1220. The SMILES string of the molecule is COCCCn1cc(CN(C(=O)C2CNCC(NC(=O)OCc3ccccc3)C2)C2CC2)c2ccccc21. The zero-order chi connectivity index (χ0) is 26.3. The summed E-state index contributed by atoms with van der Waals surface area (Å²) in [6, 6.07) is 18.2. The minimum atomic E-state index is -0.450. The number of methoxy groups -OCH3 is 1. The Morgan fingerprint density at radius 1 is 1.08 bits per heavy atom. The van der Waals surface area contributed by atoms with Gasteiger partial charge < -0.3 is 29.6 Å². The molecule has 2 aliphatic rings. The minimum Gasteiger partial charge on any atom is -0.445 e. The van der Waals surface area contributed by atoms with Crippen molar-refractivity contribution in [3.8, 4) is 0 Å². The van der Waals surface area contributed by atoms with Gasteiger partial charge in [-0.25, -0.2) is 4.79 Å². The number of rotatable bonds is 11. The molecule has 202 valence electrons. The second-order valence-corrected chi connectivity index (χ2v) is 10.4. The zero-order valence-electron chi connectivity index (χ0n) is 22.1. The molecule has 3 aromatic rings. The number of para-hydroxylation sites is 1. The van der Waals surface area contributed by atoms with Crippen LogP contribution in [-0.4, -0.2) is 60.4 Å². The highest BCUT2D eigenvalue weighted by molar-refractivity contribution is 5.85. The van der Waals surface area contributed by atoms with Crippen LogP contribution in [0.1, 0.15) is 36.8 Å². The summed E-state index contributed by atoms with van der Waals surface area (Å²) in [4.78, 5) is 28.3. The first-order chi connectivity index (χ1) is 18.6. The molecule has 2 N–H and O–H groups in total. The number of nitrogens with zero attached hydrogens (tertiary/aromatic N) is 2. The van der Waals surface area contributed by atoms with Crippen LogP contribution in [0.2, 0.25) is 0 Å². The molecular weight excluding hydrogens is 480 g/mol. The highest BCUT2D eigenvalue weighted by atomic mass is 16.5. The van der Waals surface area contributed by atoms with Gasteiger partial charge in [-0.1, -0.05) is 48.5 Å². The summed E-state index contributed by atoms with van der Waals surface area (Å²) in [5.74, 6) is -0.0146. The summed E-state index contributed by atoms with van der Waals surface area (Å²) in [6.07, 6.45) is 5.39. The molecule has 2 amide bonds. The van der Waals surface area contributed by atoms with Crippen molar-refractivity contribution in [1.29, 1.82) is 0 Å². The van der Waals surface area contributed by atoms with Gasteiger partial charge in [0, 0.05) is 69.1 Å². The van der Waals surface area contributed by atoms with Crippen molar-refractivity contribution >= 4 is 22.9 Å². The van der Waals surface area contributed by atoms with Gasteiger partial charge in [0.05, 0.1) is 5.92 Å². The Labute approximate surface area is 224 Å². The lowest BCUT2D eigenvalue weighted by atomic mass is 9.94. The maximum Gasteiger partial charge on any atom is 0.407 e. The minimum absolute atomic E-state index is 0.148. The van der Waals surface area contributed by atoms with Gasteiger partial charge >= 0.3 is 6.09 Å². The topological polar surface area (TPSA) is 84.8 Å². The second-order valence-electron chi connectivity index (χ2n) is 10.4. The van der Waals surface area contributed by atoms with E-state index in [9.17, 15) is 9.59 Å². The van der Waals surface area contributed by atoms with Gasteiger partial charge in [0.2, 0.25) is 5.91 Å². The molecule has 8 nitrogen and oxygen atoms in total. The van der Waals surface area contributed by atoms with Crippen LogP contribution in [0.4, 0.5) is 4.79 Å². The van der Waals surface area contributed by atoms with Crippen LogP contribution in [-0.2, 0) is 34.0 Å². The van der Waals surface area contributed by atoms with Crippen molar-refractivity contribution in [2.45, 2.75) is 57.5 Å². The van der Waals surface area contributed by atoms with Gasteiger partial charge in [-0.05, 0) is 42.9 Å². The fraction of sp³-hybridized carbons (Fsp3) is 0.467. The third-order valence-corrected chi connectivity index (χ3v) is 7.46. The fourth-order valence-electron chi connectivity index (χ4n) is 5.38. The molecule has 2 fully saturated rings. The first-order valence-electron chi connectivity index (χ1n) is 13.7. The molecule has 8 heteroatoms. The predicted octanol–water partition coefficient (Wildman–Crippen LogP) is 4.07. The molecule has 1 aliphatic heterocycles. The summed E-state index contributed by atoms with van der Waals surface area (Å²) in [7, 11) is 1.73. The van der Waals surface area contributed by atoms with E-state index in [1.54, 1.807) is 7.11 Å². The quantitative estimate of drug-likeness (QED) is 0.374. The molecule has 5 rings (SSSR count). The Morgan fingerprint density at radius 2 is 1.87 bits per heavy atom. The van der Waals surface area contributed by atoms with E-state index in [-0.39, 0.29) is 24.5 Å². The number of hydrogen-bond donors (Lipinski definition) is 2. The third-order valence-electron chi connectivity index (χ3n) is 7.46. The molecule has 2 aromatic carbocycles. The molecule has 0 bridgehead atoms. The Hall–Kier alpha value is -3.36. The molecule has 38 heavy (non-hydrogen) atoms. The van der Waals surface area contributed by atoms with Crippen molar-refractivity contribution in [2.75, 3.05) is 26.8 Å². The van der Waals surface area contributed by atoms with Gasteiger partial charge in [-0.15, -0.1) is 0 Å². The highest BCUT2D eigenvalue weighted by Crippen LogP contribution is 2.33. The number of hydrogen-bond acceptors (Lipinski definition) is 5. The molecule has 1 saturated carbocycles. The first-order valence-corrected chi connectivity index (χ1v) is 13.7. The standard InChI is InChI=1S/C30H38N4O4/c1-37-15-7-14-33-19-24(27-10-5-6-11-28(27)33)20-34(26-12-13-26)29(35)23-16-25(18-31-17-23)32-30(36)38-21-22-8-3-2-4-9-22/h2-6,8-11,19,23,25-26,31H,7,12-18,20-21H2,1H3,(H,32,36). The van der Waals surface area contributed by atoms with E-state index >= 15 is 0 Å². The molecule has 0 radical (unpaired) electrons. The normalized spacial score (nSPS) is 19.3. The summed E-state index contributed by atoms with van der Waals surface area (Å²) in [5.41, 5.74) is 3.32. The zero-order valence-corrected chi connectivity index (χ0v) is 22.1. The lowest BCUT2D eigenvalue weighted by Crippen LogP contribution is -2.53. The number of alkyl carbamates (subject to hydrolysis) is 1. The van der Waals surface area contributed by atoms with Gasteiger partial charge in [-0.3, -0.25) is 4.79 Å². The number of aryl methyl sites for hydroxylation is 1. The summed E-state index contributed by atoms with van der Waals surface area (Å²) in [5, 5.41) is 7.50. The molecular formula is C30H38N4O4. The van der Waals surface area contributed by atoms with Gasteiger partial charge in [0.1, 0.15) is 6.61 Å². The van der Waals surface area contributed by atoms with Crippen LogP contribution in [0.25, 0.3) is 10.9 Å². The maximum atomic E-state index is 13.8. The Kier molecular flexibility index (Phi) is 8.61. The first kappa shape index (κ1) is 26.3. The van der Waals surface area contributed by atoms with E-state index in [4.69, 9.17) is 9.47 Å². The number of fused-ring (bicyclic) bond motifs is 1. The van der Waals surface area contributed by atoms with Crippen LogP contribution in [0.15, 0.2) is 60.8 Å². The van der Waals surface area contributed by atoms with Crippen LogP contribution < -0.4 is 10.6 Å². The molecule has 0 spiro atoms. The number of nitrogens with one attached hydrogen (secondary N) is 2. The summed E-state index contributed by atoms with van der Waals surface area (Å²) in [6.45, 7) is 3.68. The molecule has 1 saturated heterocycles. The number of carbonyl (C=O) groups excluding carboxylic acids is 2. The van der Waals surface area contributed by atoms with E-state index < -0.39 is 6.09 Å². The van der Waals surface area contributed by atoms with Gasteiger partial charge in [0.25, 0.3) is 0 Å². The largest absolute Gasteiger partial charge is 0.445 e. The number of benzene rings is 2. The molecule has 2 unspecified atom stereocenters. The van der Waals surface area contributed by atoms with E-state index in [0.717, 1.165) is 38.0 Å². The average molecular weight is 519 g/mol. The molecule has 2 heterocycles. The second kappa shape index (κ2) is 12.5. The Morgan fingerprint density at radius 3 is 2.66 bits per heavy atom. The van der Waals surface area contributed by atoms with Crippen LogP contribution in [0.5, 0.6) is 0 Å². The monoisotopic (exact) mass is 518 g/mol. The van der Waals surface area contributed by atoms with E-state index in [1.165, 1.54) is 16.5 Å². The van der Waals surface area contributed by atoms with E-state index in [2.05, 4.69) is 50.6 Å². The molecule has 1 aromatic heterocycles. The Balaban J connectivity index is 1.22. The van der Waals surface area contributed by atoms with E-state index in [0.29, 0.717) is 32.1 Å². The van der Waals surface area contributed by atoms with Crippen molar-refractivity contribution in [3.63, 3.8) is 0 Å². The van der Waals surface area contributed by atoms with Crippen LogP contribution in [0, 0.1) is 5.92 Å². The van der Waals surface area contributed by atoms with E-state index in [1.807, 2.05) is 30.3 Å². The number of carbonyl (C=O) groups is 2. The number of ether oxygens (including phenoxy) is 2. The highest BCUT2D eigenvalue weighted by Gasteiger charge is 2.38. The average Bonchev–Trinajstić information content (AvgIpc) is 3.73. The van der Waals surface area contributed by atoms with Crippen molar-refractivity contribution < 1.29 is 19.1 Å². The van der Waals surface area contributed by atoms with Crippen molar-refractivity contribution in [2.24, 2.45) is 5.92 Å². The lowest BCUT2D eigenvalue weighted by Gasteiger charge is -2.33. The number of amides is 2. The predicted molar refractivity (Wildman–Crippen MR) is 147 cm³/mol. The maximum absolute atomic E-state index is 13.8.